The number of carbonyl (C=O) groups excluding carboxylic acids is 1. The standard InChI is InChI=1S/C14H17FN2O4/c1-2-21-12-6-5-9(8-10(12)15)16-14(20)17-7-3-4-11(17)13(18)19/h5-6,8,11H,2-4,7H2,1H3,(H,16,20)(H,18,19)/t11-/m0/s1. The highest BCUT2D eigenvalue weighted by Crippen LogP contribution is 2.23. The summed E-state index contributed by atoms with van der Waals surface area (Å²) in [7, 11) is 0. The highest BCUT2D eigenvalue weighted by atomic mass is 19.1. The SMILES string of the molecule is CCOc1ccc(NC(=O)N2CCC[C@H]2C(=O)O)cc1F. The number of ether oxygens (including phenoxy) is 1. The van der Waals surface area contributed by atoms with Crippen LogP contribution in [0.4, 0.5) is 14.9 Å². The second-order valence-corrected chi connectivity index (χ2v) is 4.70. The number of hydrogen-bond acceptors (Lipinski definition) is 3. The Hall–Kier alpha value is -2.31. The molecule has 1 aromatic carbocycles. The van der Waals surface area contributed by atoms with Crippen LogP contribution in [0, 0.1) is 5.82 Å². The fraction of sp³-hybridized carbons (Fsp3) is 0.429. The van der Waals surface area contributed by atoms with Gasteiger partial charge in [0.05, 0.1) is 6.61 Å². The Balaban J connectivity index is 2.06. The predicted octanol–water partition coefficient (Wildman–Crippen LogP) is 2.31. The molecule has 1 heterocycles. The Bertz CT molecular complexity index is 550. The quantitative estimate of drug-likeness (QED) is 0.893. The van der Waals surface area contributed by atoms with Crippen molar-refractivity contribution in [2.24, 2.45) is 0 Å². The van der Waals surface area contributed by atoms with Crippen LogP contribution >= 0.6 is 0 Å². The number of likely N-dealkylation sites (tertiary alicyclic amines) is 1. The van der Waals surface area contributed by atoms with Crippen molar-refractivity contribution < 1.29 is 23.8 Å². The third-order valence-corrected chi connectivity index (χ3v) is 3.28. The summed E-state index contributed by atoms with van der Waals surface area (Å²) in [5, 5.41) is 11.5. The summed E-state index contributed by atoms with van der Waals surface area (Å²) in [6.07, 6.45) is 1.07. The first-order valence-corrected chi connectivity index (χ1v) is 6.75. The van der Waals surface area contributed by atoms with Gasteiger partial charge in [0.25, 0.3) is 0 Å². The van der Waals surface area contributed by atoms with Crippen LogP contribution < -0.4 is 10.1 Å². The number of urea groups is 1. The van der Waals surface area contributed by atoms with Gasteiger partial charge >= 0.3 is 12.0 Å². The highest BCUT2D eigenvalue weighted by Gasteiger charge is 2.34. The average molecular weight is 296 g/mol. The summed E-state index contributed by atoms with van der Waals surface area (Å²) < 4.78 is 18.8. The highest BCUT2D eigenvalue weighted by molar-refractivity contribution is 5.92. The third kappa shape index (κ3) is 3.42. The van der Waals surface area contributed by atoms with Gasteiger partial charge in [0, 0.05) is 18.3 Å². The van der Waals surface area contributed by atoms with Crippen LogP contribution in [0.2, 0.25) is 0 Å². The second kappa shape index (κ2) is 6.43. The summed E-state index contributed by atoms with van der Waals surface area (Å²) in [4.78, 5) is 24.3. The predicted molar refractivity (Wildman–Crippen MR) is 74.0 cm³/mol. The average Bonchev–Trinajstić information content (AvgIpc) is 2.91. The lowest BCUT2D eigenvalue weighted by molar-refractivity contribution is -0.141. The number of carboxylic acid groups (broad SMARTS) is 1. The number of carboxylic acids is 1. The zero-order chi connectivity index (χ0) is 15.4. The van der Waals surface area contributed by atoms with Crippen molar-refractivity contribution in [2.75, 3.05) is 18.5 Å². The monoisotopic (exact) mass is 296 g/mol. The Labute approximate surface area is 121 Å². The van der Waals surface area contributed by atoms with Gasteiger partial charge in [-0.05, 0) is 31.9 Å². The molecule has 114 valence electrons. The van der Waals surface area contributed by atoms with Crippen molar-refractivity contribution in [3.05, 3.63) is 24.0 Å². The molecule has 0 bridgehead atoms. The molecule has 1 atom stereocenters. The number of hydrogen-bond donors (Lipinski definition) is 2. The molecule has 1 aliphatic rings. The molecule has 2 rings (SSSR count). The van der Waals surface area contributed by atoms with Gasteiger partial charge in [0.2, 0.25) is 0 Å². The van der Waals surface area contributed by atoms with E-state index in [4.69, 9.17) is 9.84 Å². The molecule has 0 aliphatic carbocycles. The minimum absolute atomic E-state index is 0.111. The van der Waals surface area contributed by atoms with Crippen LogP contribution in [0.5, 0.6) is 5.75 Å². The Kier molecular flexibility index (Phi) is 4.62. The number of benzene rings is 1. The topological polar surface area (TPSA) is 78.9 Å². The minimum atomic E-state index is -1.03. The van der Waals surface area contributed by atoms with Crippen LogP contribution in [0.25, 0.3) is 0 Å². The Morgan fingerprint density at radius 1 is 1.52 bits per heavy atom. The molecule has 0 spiro atoms. The van der Waals surface area contributed by atoms with E-state index in [1.54, 1.807) is 6.92 Å². The molecule has 0 radical (unpaired) electrons. The number of carbonyl (C=O) groups is 2. The van der Waals surface area contributed by atoms with Crippen molar-refractivity contribution in [1.29, 1.82) is 0 Å². The van der Waals surface area contributed by atoms with Crippen molar-refractivity contribution in [1.82, 2.24) is 4.90 Å². The molecule has 1 saturated heterocycles. The first-order chi connectivity index (χ1) is 10.0. The molecule has 0 unspecified atom stereocenters. The van der Waals surface area contributed by atoms with Crippen molar-refractivity contribution >= 4 is 17.7 Å². The van der Waals surface area contributed by atoms with E-state index >= 15 is 0 Å². The number of rotatable bonds is 4. The van der Waals surface area contributed by atoms with Gasteiger partial charge in [0.15, 0.2) is 11.6 Å². The zero-order valence-corrected chi connectivity index (χ0v) is 11.6. The second-order valence-electron chi connectivity index (χ2n) is 4.70. The van der Waals surface area contributed by atoms with Crippen LogP contribution in [0.1, 0.15) is 19.8 Å². The maximum atomic E-state index is 13.7. The molecular weight excluding hydrogens is 279 g/mol. The summed E-state index contributed by atoms with van der Waals surface area (Å²) in [6.45, 7) is 2.47. The number of nitrogens with zero attached hydrogens (tertiary/aromatic N) is 1. The van der Waals surface area contributed by atoms with Gasteiger partial charge in [-0.2, -0.15) is 0 Å². The minimum Gasteiger partial charge on any atom is -0.491 e. The lowest BCUT2D eigenvalue weighted by Crippen LogP contribution is -2.42. The fourth-order valence-corrected chi connectivity index (χ4v) is 2.31. The number of aliphatic carboxylic acids is 1. The smallest absolute Gasteiger partial charge is 0.326 e. The van der Waals surface area contributed by atoms with Gasteiger partial charge in [-0.3, -0.25) is 0 Å². The number of nitrogens with one attached hydrogen (secondary N) is 1. The van der Waals surface area contributed by atoms with Crippen molar-refractivity contribution in [3.63, 3.8) is 0 Å². The molecule has 0 saturated carbocycles. The Morgan fingerprint density at radius 2 is 2.29 bits per heavy atom. The first kappa shape index (κ1) is 15.1. The molecule has 0 aromatic heterocycles. The molecule has 2 N–H and O–H groups in total. The van der Waals surface area contributed by atoms with E-state index in [1.165, 1.54) is 17.0 Å². The maximum Gasteiger partial charge on any atom is 0.326 e. The van der Waals surface area contributed by atoms with E-state index in [0.29, 0.717) is 26.0 Å². The van der Waals surface area contributed by atoms with Crippen LogP contribution in [-0.4, -0.2) is 41.2 Å². The zero-order valence-electron chi connectivity index (χ0n) is 11.6. The van der Waals surface area contributed by atoms with Gasteiger partial charge in [-0.1, -0.05) is 0 Å². The van der Waals surface area contributed by atoms with Crippen LogP contribution in [0.3, 0.4) is 0 Å². The molecule has 6 nitrogen and oxygen atoms in total. The van der Waals surface area contributed by atoms with E-state index < -0.39 is 23.9 Å². The van der Waals surface area contributed by atoms with Crippen molar-refractivity contribution in [2.45, 2.75) is 25.8 Å². The third-order valence-electron chi connectivity index (χ3n) is 3.28. The molecule has 7 heteroatoms. The van der Waals surface area contributed by atoms with E-state index in [2.05, 4.69) is 5.32 Å². The van der Waals surface area contributed by atoms with E-state index in [1.807, 2.05) is 0 Å². The van der Waals surface area contributed by atoms with E-state index in [9.17, 15) is 14.0 Å². The van der Waals surface area contributed by atoms with E-state index in [0.717, 1.165) is 6.07 Å². The fourth-order valence-electron chi connectivity index (χ4n) is 2.31. The molecule has 1 aromatic rings. The van der Waals surface area contributed by atoms with Gasteiger partial charge < -0.3 is 20.1 Å². The van der Waals surface area contributed by atoms with Crippen LogP contribution in [0.15, 0.2) is 18.2 Å². The molecule has 2 amide bonds. The van der Waals surface area contributed by atoms with Crippen LogP contribution in [-0.2, 0) is 4.79 Å². The molecule has 1 aliphatic heterocycles. The largest absolute Gasteiger partial charge is 0.491 e. The van der Waals surface area contributed by atoms with Gasteiger partial charge in [-0.25, -0.2) is 14.0 Å². The number of amides is 2. The lowest BCUT2D eigenvalue weighted by Gasteiger charge is -2.21. The maximum absolute atomic E-state index is 13.7. The summed E-state index contributed by atoms with van der Waals surface area (Å²) in [5.74, 6) is -1.49. The Morgan fingerprint density at radius 3 is 2.90 bits per heavy atom. The first-order valence-electron chi connectivity index (χ1n) is 6.75. The number of halogens is 1. The summed E-state index contributed by atoms with van der Waals surface area (Å²) in [6, 6.07) is 2.72. The summed E-state index contributed by atoms with van der Waals surface area (Å²) >= 11 is 0. The van der Waals surface area contributed by atoms with Crippen molar-refractivity contribution in [3.8, 4) is 5.75 Å². The van der Waals surface area contributed by atoms with Gasteiger partial charge in [-0.15, -0.1) is 0 Å². The normalized spacial score (nSPS) is 17.6. The lowest BCUT2D eigenvalue weighted by atomic mass is 10.2. The van der Waals surface area contributed by atoms with Gasteiger partial charge in [0.1, 0.15) is 6.04 Å². The van der Waals surface area contributed by atoms with E-state index in [-0.39, 0.29) is 11.4 Å². The summed E-state index contributed by atoms with van der Waals surface area (Å²) in [5.41, 5.74) is 0.261. The molecule has 1 fully saturated rings. The molecule has 21 heavy (non-hydrogen) atoms. The molecular formula is C14H17FN2O4. The number of anilines is 1.